The maximum absolute atomic E-state index is 13.3. The van der Waals surface area contributed by atoms with Gasteiger partial charge in [-0.05, 0) is 49.7 Å². The van der Waals surface area contributed by atoms with Crippen LogP contribution in [0, 0.1) is 11.3 Å². The molecule has 3 fully saturated rings. The molecule has 11 heteroatoms. The second-order valence-electron chi connectivity index (χ2n) is 11.0. The van der Waals surface area contributed by atoms with Crippen molar-refractivity contribution in [1.82, 2.24) is 15.3 Å². The standard InChI is InChI=1S/C30H41ClN6O3S/c1-4-5-23(27-28(33-3)36-24(17-34-27)37-12-9-30(10-13-37)11-15-40-19-30)41-22-7-6-21(32-2)25(26(22)31)29(38)35-16-20-8-14-39-18-20/h5-7,17,20,32H,4,8-16,18-19H2,1-3H3,(H,33,36)(H,35,38)/b23-5-. The number of rotatable bonds is 10. The van der Waals surface area contributed by atoms with Crippen molar-refractivity contribution in [2.45, 2.75) is 43.9 Å². The Bertz CT molecular complexity index is 1250. The molecule has 0 saturated carbocycles. The summed E-state index contributed by atoms with van der Waals surface area (Å²) in [6, 6.07) is 3.85. The van der Waals surface area contributed by atoms with E-state index in [1.165, 1.54) is 11.8 Å². The minimum Gasteiger partial charge on any atom is -0.387 e. The van der Waals surface area contributed by atoms with E-state index in [-0.39, 0.29) is 5.91 Å². The molecule has 222 valence electrons. The average molecular weight is 601 g/mol. The van der Waals surface area contributed by atoms with Crippen molar-refractivity contribution in [1.29, 1.82) is 0 Å². The lowest BCUT2D eigenvalue weighted by Crippen LogP contribution is -2.41. The number of carbonyl (C=O) groups is 1. The van der Waals surface area contributed by atoms with Gasteiger partial charge in [-0.2, -0.15) is 0 Å². The van der Waals surface area contributed by atoms with Gasteiger partial charge in [0, 0.05) is 68.3 Å². The molecular formula is C30H41ClN6O3S. The number of ether oxygens (including phenoxy) is 2. The van der Waals surface area contributed by atoms with Crippen LogP contribution in [0.15, 0.2) is 29.3 Å². The molecule has 2 aromatic rings. The lowest BCUT2D eigenvalue weighted by Gasteiger charge is -2.38. The molecule has 1 atom stereocenters. The molecule has 3 N–H and O–H groups in total. The Morgan fingerprint density at radius 2 is 2.02 bits per heavy atom. The van der Waals surface area contributed by atoms with Gasteiger partial charge in [0.25, 0.3) is 5.91 Å². The van der Waals surface area contributed by atoms with E-state index in [0.29, 0.717) is 40.8 Å². The van der Waals surface area contributed by atoms with Crippen LogP contribution in [0.25, 0.3) is 4.91 Å². The number of allylic oxidation sites excluding steroid dienone is 1. The molecule has 41 heavy (non-hydrogen) atoms. The van der Waals surface area contributed by atoms with Crippen LogP contribution in [0.4, 0.5) is 17.3 Å². The summed E-state index contributed by atoms with van der Waals surface area (Å²) in [6.07, 6.45) is 9.17. The van der Waals surface area contributed by atoms with Crippen molar-refractivity contribution >= 4 is 51.5 Å². The molecule has 5 rings (SSSR count). The number of hydrogen-bond donors (Lipinski definition) is 3. The van der Waals surface area contributed by atoms with E-state index in [1.54, 1.807) is 7.05 Å². The zero-order valence-electron chi connectivity index (χ0n) is 24.2. The number of nitrogens with one attached hydrogen (secondary N) is 3. The Hall–Kier alpha value is -2.53. The van der Waals surface area contributed by atoms with Gasteiger partial charge in [0.2, 0.25) is 0 Å². The van der Waals surface area contributed by atoms with Crippen LogP contribution in [0.2, 0.25) is 5.02 Å². The number of nitrogens with zero attached hydrogens (tertiary/aromatic N) is 3. The molecule has 9 nitrogen and oxygen atoms in total. The van der Waals surface area contributed by atoms with Crippen LogP contribution in [-0.4, -0.2) is 76.0 Å². The number of carbonyl (C=O) groups excluding carboxylic acids is 1. The molecule has 3 aliphatic heterocycles. The van der Waals surface area contributed by atoms with E-state index in [1.807, 2.05) is 25.4 Å². The van der Waals surface area contributed by atoms with Gasteiger partial charge in [0.05, 0.1) is 30.0 Å². The van der Waals surface area contributed by atoms with Gasteiger partial charge in [0.1, 0.15) is 11.5 Å². The van der Waals surface area contributed by atoms with Gasteiger partial charge in [-0.1, -0.05) is 36.4 Å². The van der Waals surface area contributed by atoms with Crippen LogP contribution in [0.1, 0.15) is 55.1 Å². The van der Waals surface area contributed by atoms with E-state index >= 15 is 0 Å². The van der Waals surface area contributed by atoms with Gasteiger partial charge in [0.15, 0.2) is 5.82 Å². The average Bonchev–Trinajstić information content (AvgIpc) is 3.69. The van der Waals surface area contributed by atoms with Gasteiger partial charge in [-0.3, -0.25) is 4.79 Å². The SMILES string of the molecule is CC/C=C(\Sc1ccc(NC)c(C(=O)NCC2CCOC2)c1Cl)c1ncc(N2CCC3(CCOC3)CC2)nc1NC. The molecule has 0 radical (unpaired) electrons. The zero-order valence-corrected chi connectivity index (χ0v) is 25.8. The summed E-state index contributed by atoms with van der Waals surface area (Å²) in [5.41, 5.74) is 2.24. The summed E-state index contributed by atoms with van der Waals surface area (Å²) in [4.78, 5) is 27.2. The lowest BCUT2D eigenvalue weighted by atomic mass is 9.78. The molecule has 0 bridgehead atoms. The van der Waals surface area contributed by atoms with E-state index in [2.05, 4.69) is 33.9 Å². The van der Waals surface area contributed by atoms with Gasteiger partial charge in [-0.15, -0.1) is 0 Å². The maximum atomic E-state index is 13.3. The molecule has 1 unspecified atom stereocenters. The van der Waals surface area contributed by atoms with E-state index in [0.717, 1.165) is 92.1 Å². The quantitative estimate of drug-likeness (QED) is 0.304. The Labute approximate surface area is 252 Å². The number of anilines is 3. The first-order valence-corrected chi connectivity index (χ1v) is 15.8. The molecule has 1 spiro atoms. The summed E-state index contributed by atoms with van der Waals surface area (Å²) in [5.74, 6) is 1.74. The third-order valence-corrected chi connectivity index (χ3v) is 10.00. The van der Waals surface area contributed by atoms with Crippen molar-refractivity contribution in [2.75, 3.05) is 75.7 Å². The predicted octanol–water partition coefficient (Wildman–Crippen LogP) is 5.53. The highest BCUT2D eigenvalue weighted by molar-refractivity contribution is 8.08. The lowest BCUT2D eigenvalue weighted by molar-refractivity contribution is 0.0945. The van der Waals surface area contributed by atoms with Crippen molar-refractivity contribution in [2.24, 2.45) is 11.3 Å². The third kappa shape index (κ3) is 6.77. The first-order valence-electron chi connectivity index (χ1n) is 14.6. The maximum Gasteiger partial charge on any atom is 0.254 e. The third-order valence-electron chi connectivity index (χ3n) is 8.35. The van der Waals surface area contributed by atoms with E-state index in [9.17, 15) is 4.79 Å². The Kier molecular flexibility index (Phi) is 9.95. The Morgan fingerprint density at radius 1 is 1.20 bits per heavy atom. The monoisotopic (exact) mass is 600 g/mol. The highest BCUT2D eigenvalue weighted by Crippen LogP contribution is 2.43. The van der Waals surface area contributed by atoms with Crippen molar-refractivity contribution in [3.05, 3.63) is 40.7 Å². The minimum atomic E-state index is -0.192. The molecule has 0 aliphatic carbocycles. The van der Waals surface area contributed by atoms with Gasteiger partial charge in [-0.25, -0.2) is 9.97 Å². The fourth-order valence-corrected chi connectivity index (χ4v) is 7.19. The van der Waals surface area contributed by atoms with E-state index in [4.69, 9.17) is 31.0 Å². The normalized spacial score (nSPS) is 20.4. The van der Waals surface area contributed by atoms with Crippen molar-refractivity contribution < 1.29 is 14.3 Å². The van der Waals surface area contributed by atoms with Crippen molar-refractivity contribution in [3.8, 4) is 0 Å². The summed E-state index contributed by atoms with van der Waals surface area (Å²) in [7, 11) is 3.67. The highest BCUT2D eigenvalue weighted by Gasteiger charge is 2.38. The fraction of sp³-hybridized carbons (Fsp3) is 0.567. The number of benzene rings is 1. The van der Waals surface area contributed by atoms with Crippen LogP contribution < -0.4 is 20.9 Å². The molecule has 1 aromatic carbocycles. The fourth-order valence-electron chi connectivity index (χ4n) is 5.77. The Morgan fingerprint density at radius 3 is 2.68 bits per heavy atom. The number of halogens is 1. The first kappa shape index (κ1) is 29.9. The first-order chi connectivity index (χ1) is 20.0. The molecule has 3 aliphatic rings. The largest absolute Gasteiger partial charge is 0.387 e. The molecule has 4 heterocycles. The van der Waals surface area contributed by atoms with Gasteiger partial charge < -0.3 is 30.3 Å². The summed E-state index contributed by atoms with van der Waals surface area (Å²) >= 11 is 8.43. The van der Waals surface area contributed by atoms with Crippen LogP contribution in [0.5, 0.6) is 0 Å². The zero-order chi connectivity index (χ0) is 28.8. The number of piperidine rings is 1. The van der Waals surface area contributed by atoms with E-state index < -0.39 is 0 Å². The van der Waals surface area contributed by atoms with Crippen LogP contribution >= 0.6 is 23.4 Å². The van der Waals surface area contributed by atoms with Crippen LogP contribution in [0.3, 0.4) is 0 Å². The summed E-state index contributed by atoms with van der Waals surface area (Å²) in [5, 5.41) is 9.85. The summed E-state index contributed by atoms with van der Waals surface area (Å²) < 4.78 is 11.1. The number of amides is 1. The van der Waals surface area contributed by atoms with Gasteiger partial charge >= 0.3 is 0 Å². The second kappa shape index (κ2) is 13.6. The summed E-state index contributed by atoms with van der Waals surface area (Å²) in [6.45, 7) is 7.76. The molecule has 3 saturated heterocycles. The topological polar surface area (TPSA) is 101 Å². The number of hydrogen-bond acceptors (Lipinski definition) is 9. The molecule has 1 amide bonds. The minimum absolute atomic E-state index is 0.192. The van der Waals surface area contributed by atoms with Crippen LogP contribution in [-0.2, 0) is 9.47 Å². The molecule has 1 aromatic heterocycles. The highest BCUT2D eigenvalue weighted by atomic mass is 35.5. The smallest absolute Gasteiger partial charge is 0.254 e. The molecular weight excluding hydrogens is 560 g/mol. The Balaban J connectivity index is 1.35. The predicted molar refractivity (Wildman–Crippen MR) is 167 cm³/mol. The number of aromatic nitrogens is 2. The number of thioether (sulfide) groups is 1. The van der Waals surface area contributed by atoms with Crippen molar-refractivity contribution in [3.63, 3.8) is 0 Å². The second-order valence-corrected chi connectivity index (χ2v) is 12.5.